The van der Waals surface area contributed by atoms with E-state index in [4.69, 9.17) is 0 Å². The lowest BCUT2D eigenvalue weighted by Crippen LogP contribution is -1.96. The lowest BCUT2D eigenvalue weighted by Gasteiger charge is -2.04. The smallest absolute Gasteiger partial charge is 0.157 e. The maximum Gasteiger partial charge on any atom is 0.157 e. The molecule has 0 saturated heterocycles. The lowest BCUT2D eigenvalue weighted by molar-refractivity contribution is 0.589. The van der Waals surface area contributed by atoms with Crippen LogP contribution in [0.1, 0.15) is 31.0 Å². The largest absolute Gasteiger partial charge is 0.337 e. The van der Waals surface area contributed by atoms with E-state index < -0.39 is 11.6 Å². The number of fused-ring (bicyclic) bond motifs is 1. The number of hydrogen-bond acceptors (Lipinski definition) is 2. The molecule has 27 heavy (non-hydrogen) atoms. The number of rotatable bonds is 3. The van der Waals surface area contributed by atoms with Crippen molar-refractivity contribution in [3.05, 3.63) is 59.3 Å². The maximum absolute atomic E-state index is 14.1. The summed E-state index contributed by atoms with van der Waals surface area (Å²) in [5, 5.41) is 4.60. The van der Waals surface area contributed by atoms with Crippen molar-refractivity contribution in [2.75, 3.05) is 0 Å². The Labute approximate surface area is 155 Å². The van der Waals surface area contributed by atoms with Crippen molar-refractivity contribution in [3.63, 3.8) is 0 Å². The van der Waals surface area contributed by atoms with Gasteiger partial charge >= 0.3 is 0 Å². The van der Waals surface area contributed by atoms with Crippen LogP contribution in [0.3, 0.4) is 0 Å². The first-order chi connectivity index (χ1) is 12.9. The molecule has 0 saturated carbocycles. The second-order valence-corrected chi connectivity index (χ2v) is 7.05. The number of benzene rings is 2. The summed E-state index contributed by atoms with van der Waals surface area (Å²) in [6.07, 6.45) is 0. The van der Waals surface area contributed by atoms with E-state index in [1.54, 1.807) is 18.2 Å². The Morgan fingerprint density at radius 1 is 1.07 bits per heavy atom. The van der Waals surface area contributed by atoms with Crippen LogP contribution in [0.5, 0.6) is 0 Å². The second kappa shape index (κ2) is 6.30. The zero-order valence-electron chi connectivity index (χ0n) is 15.6. The van der Waals surface area contributed by atoms with Crippen LogP contribution in [0.4, 0.5) is 8.78 Å². The van der Waals surface area contributed by atoms with Gasteiger partial charge in [-0.2, -0.15) is 5.10 Å². The van der Waals surface area contributed by atoms with E-state index in [1.807, 2.05) is 18.7 Å². The molecule has 2 aromatic carbocycles. The van der Waals surface area contributed by atoms with Crippen molar-refractivity contribution in [1.82, 2.24) is 19.7 Å². The predicted octanol–water partition coefficient (Wildman–Crippen LogP) is 5.34. The molecule has 1 N–H and O–H groups in total. The van der Waals surface area contributed by atoms with Gasteiger partial charge in [-0.3, -0.25) is 4.68 Å². The number of hydrogen-bond donors (Lipinski definition) is 1. The molecule has 6 heteroatoms. The normalized spacial score (nSPS) is 11.7. The van der Waals surface area contributed by atoms with Gasteiger partial charge in [-0.05, 0) is 42.7 Å². The third-order valence-corrected chi connectivity index (χ3v) is 4.83. The van der Waals surface area contributed by atoms with Crippen LogP contribution in [0.25, 0.3) is 33.7 Å². The number of H-pyrrole nitrogens is 1. The topological polar surface area (TPSA) is 46.5 Å². The van der Waals surface area contributed by atoms with Gasteiger partial charge < -0.3 is 4.98 Å². The van der Waals surface area contributed by atoms with Gasteiger partial charge in [-0.25, -0.2) is 13.8 Å². The van der Waals surface area contributed by atoms with Gasteiger partial charge in [-0.15, -0.1) is 0 Å². The van der Waals surface area contributed by atoms with E-state index in [2.05, 4.69) is 28.9 Å². The van der Waals surface area contributed by atoms with Gasteiger partial charge in [0.05, 0.1) is 22.3 Å². The average Bonchev–Trinajstić information content (AvgIpc) is 3.14. The van der Waals surface area contributed by atoms with Crippen LogP contribution in [-0.4, -0.2) is 19.7 Å². The van der Waals surface area contributed by atoms with Gasteiger partial charge in [0.2, 0.25) is 0 Å². The first-order valence-electron chi connectivity index (χ1n) is 8.85. The fourth-order valence-corrected chi connectivity index (χ4v) is 3.58. The monoisotopic (exact) mass is 366 g/mol. The quantitative estimate of drug-likeness (QED) is 0.532. The first-order valence-corrected chi connectivity index (χ1v) is 8.85. The average molecular weight is 366 g/mol. The highest BCUT2D eigenvalue weighted by Gasteiger charge is 2.19. The summed E-state index contributed by atoms with van der Waals surface area (Å²) in [6, 6.07) is 9.05. The van der Waals surface area contributed by atoms with Gasteiger partial charge in [0.25, 0.3) is 0 Å². The third kappa shape index (κ3) is 2.81. The Hall–Kier alpha value is -3.02. The molecule has 0 spiro atoms. The Bertz CT molecular complexity index is 1130. The van der Waals surface area contributed by atoms with E-state index in [0.717, 1.165) is 28.0 Å². The van der Waals surface area contributed by atoms with Gasteiger partial charge in [-0.1, -0.05) is 26.0 Å². The Balaban J connectivity index is 1.85. The summed E-state index contributed by atoms with van der Waals surface area (Å²) in [5.74, 6) is -0.170. The minimum atomic E-state index is -0.585. The molecular formula is C21H20F2N4. The molecule has 0 atom stereocenters. The zero-order valence-corrected chi connectivity index (χ0v) is 15.6. The third-order valence-electron chi connectivity index (χ3n) is 4.83. The van der Waals surface area contributed by atoms with E-state index >= 15 is 0 Å². The number of nitrogens with one attached hydrogen (secondary N) is 1. The molecule has 4 nitrogen and oxygen atoms in total. The molecule has 0 unspecified atom stereocenters. The van der Waals surface area contributed by atoms with Crippen LogP contribution >= 0.6 is 0 Å². The number of nitrogens with zero attached hydrogens (tertiary/aromatic N) is 3. The summed E-state index contributed by atoms with van der Waals surface area (Å²) < 4.78 is 30.0. The van der Waals surface area contributed by atoms with Crippen LogP contribution in [0, 0.1) is 18.6 Å². The summed E-state index contributed by atoms with van der Waals surface area (Å²) >= 11 is 0. The minimum absolute atomic E-state index is 0.0330. The first kappa shape index (κ1) is 17.4. The lowest BCUT2D eigenvalue weighted by atomic mass is 10.0. The van der Waals surface area contributed by atoms with Crippen molar-refractivity contribution in [2.24, 2.45) is 7.05 Å². The zero-order chi connectivity index (χ0) is 19.3. The molecule has 0 fully saturated rings. The van der Waals surface area contributed by atoms with E-state index in [-0.39, 0.29) is 5.56 Å². The van der Waals surface area contributed by atoms with Crippen LogP contribution < -0.4 is 0 Å². The number of aromatic nitrogens is 4. The SMILES string of the molecule is Cc1c(C(C)C)nn(C)c1-c1nc2ccc(-c3c(F)cccc3F)cc2[nH]1. The Morgan fingerprint density at radius 3 is 2.41 bits per heavy atom. The molecule has 0 bridgehead atoms. The van der Waals surface area contributed by atoms with E-state index in [1.165, 1.54) is 18.2 Å². The van der Waals surface area contributed by atoms with Crippen LogP contribution in [0.15, 0.2) is 36.4 Å². The van der Waals surface area contributed by atoms with Crippen LogP contribution in [0.2, 0.25) is 0 Å². The summed E-state index contributed by atoms with van der Waals surface area (Å²) in [4.78, 5) is 7.93. The highest BCUT2D eigenvalue weighted by molar-refractivity contribution is 5.84. The van der Waals surface area contributed by atoms with Gasteiger partial charge in [0, 0.05) is 12.6 Å². The Morgan fingerprint density at radius 2 is 1.78 bits per heavy atom. The molecule has 0 radical (unpaired) electrons. The molecule has 0 aliphatic rings. The Kier molecular flexibility index (Phi) is 4.06. The van der Waals surface area contributed by atoms with Crippen molar-refractivity contribution < 1.29 is 8.78 Å². The predicted molar refractivity (Wildman–Crippen MR) is 102 cm³/mol. The maximum atomic E-state index is 14.1. The van der Waals surface area contributed by atoms with Crippen molar-refractivity contribution in [1.29, 1.82) is 0 Å². The van der Waals surface area contributed by atoms with E-state index in [9.17, 15) is 8.78 Å². The molecular weight excluding hydrogens is 346 g/mol. The molecule has 138 valence electrons. The van der Waals surface area contributed by atoms with Gasteiger partial charge in [0.1, 0.15) is 17.3 Å². The molecule has 0 amide bonds. The molecule has 4 rings (SSSR count). The number of aryl methyl sites for hydroxylation is 1. The highest BCUT2D eigenvalue weighted by Crippen LogP contribution is 2.31. The van der Waals surface area contributed by atoms with E-state index in [0.29, 0.717) is 17.3 Å². The summed E-state index contributed by atoms with van der Waals surface area (Å²) in [6.45, 7) is 6.24. The number of halogens is 2. The molecule has 2 aromatic heterocycles. The molecule has 0 aliphatic carbocycles. The summed E-state index contributed by atoms with van der Waals surface area (Å²) in [5.41, 5.74) is 4.91. The fourth-order valence-electron chi connectivity index (χ4n) is 3.58. The highest BCUT2D eigenvalue weighted by atomic mass is 19.1. The molecule has 4 aromatic rings. The standard InChI is InChI=1S/C21H20F2N4/c1-11(2)19-12(3)20(27(4)26-19)21-24-16-9-8-13(10-17(16)25-21)18-14(22)6-5-7-15(18)23/h5-11H,1-4H3,(H,24,25). The fraction of sp³-hybridized carbons (Fsp3) is 0.238. The molecule has 0 aliphatic heterocycles. The van der Waals surface area contributed by atoms with Crippen molar-refractivity contribution in [2.45, 2.75) is 26.7 Å². The van der Waals surface area contributed by atoms with Crippen molar-refractivity contribution in [3.8, 4) is 22.6 Å². The molecule has 2 heterocycles. The summed E-state index contributed by atoms with van der Waals surface area (Å²) in [7, 11) is 1.89. The number of imidazole rings is 1. The number of aromatic amines is 1. The van der Waals surface area contributed by atoms with Crippen LogP contribution in [-0.2, 0) is 7.05 Å². The minimum Gasteiger partial charge on any atom is -0.337 e. The second-order valence-electron chi connectivity index (χ2n) is 7.05. The van der Waals surface area contributed by atoms with Gasteiger partial charge in [0.15, 0.2) is 5.82 Å². The van der Waals surface area contributed by atoms with Crippen molar-refractivity contribution >= 4 is 11.0 Å².